The third-order valence-corrected chi connectivity index (χ3v) is 3.97. The number of rotatable bonds is 5. The summed E-state index contributed by atoms with van der Waals surface area (Å²) in [6.45, 7) is 2.59. The molecule has 0 saturated heterocycles. The Labute approximate surface area is 109 Å². The molecule has 0 spiro atoms. The number of hydrogen-bond acceptors (Lipinski definition) is 7. The predicted molar refractivity (Wildman–Crippen MR) is 62.3 cm³/mol. The highest BCUT2D eigenvalue weighted by atomic mass is 32.2. The summed E-state index contributed by atoms with van der Waals surface area (Å²) >= 11 is 0. The first-order chi connectivity index (χ1) is 8.94. The lowest BCUT2D eigenvalue weighted by atomic mass is 10.4. The van der Waals surface area contributed by atoms with E-state index in [0.717, 1.165) is 0 Å². The molecule has 0 aliphatic rings. The molecule has 104 valence electrons. The largest absolute Gasteiger partial charge is 0.390 e. The number of aromatic nitrogens is 4. The molecule has 0 unspecified atom stereocenters. The first-order valence-corrected chi connectivity index (χ1v) is 6.86. The molecule has 0 saturated carbocycles. The van der Waals surface area contributed by atoms with Gasteiger partial charge in [0, 0.05) is 6.92 Å². The molecular formula is C9H13N5O4S. The number of aryl methyl sites for hydroxylation is 2. The van der Waals surface area contributed by atoms with Crippen molar-refractivity contribution in [3.8, 4) is 0 Å². The van der Waals surface area contributed by atoms with E-state index in [1.54, 1.807) is 13.8 Å². The van der Waals surface area contributed by atoms with Crippen LogP contribution in [0.15, 0.2) is 9.42 Å². The zero-order chi connectivity index (χ0) is 14.0. The van der Waals surface area contributed by atoms with E-state index >= 15 is 0 Å². The normalized spacial score (nSPS) is 11.9. The molecule has 2 aromatic heterocycles. The van der Waals surface area contributed by atoms with Crippen LogP contribution in [0.2, 0.25) is 0 Å². The van der Waals surface area contributed by atoms with Crippen molar-refractivity contribution in [3.63, 3.8) is 0 Å². The lowest BCUT2D eigenvalue weighted by molar-refractivity contribution is 0.273. The number of aliphatic hydroxyl groups excluding tert-OH is 1. The van der Waals surface area contributed by atoms with E-state index in [9.17, 15) is 8.42 Å². The Morgan fingerprint density at radius 1 is 1.42 bits per heavy atom. The molecule has 19 heavy (non-hydrogen) atoms. The van der Waals surface area contributed by atoms with E-state index in [0.29, 0.717) is 11.6 Å². The molecule has 3 N–H and O–H groups in total. The Kier molecular flexibility index (Phi) is 3.64. The highest BCUT2D eigenvalue weighted by Gasteiger charge is 2.24. The smallest absolute Gasteiger partial charge is 0.244 e. The number of aliphatic hydroxyl groups is 1. The Hall–Kier alpha value is -1.78. The van der Waals surface area contributed by atoms with Gasteiger partial charge in [-0.15, -0.1) is 0 Å². The van der Waals surface area contributed by atoms with Crippen LogP contribution < -0.4 is 4.72 Å². The average Bonchev–Trinajstić information content (AvgIpc) is 2.93. The molecule has 0 bridgehead atoms. The molecule has 0 aliphatic heterocycles. The molecule has 0 atom stereocenters. The maximum atomic E-state index is 12.1. The van der Waals surface area contributed by atoms with E-state index in [1.807, 2.05) is 0 Å². The summed E-state index contributed by atoms with van der Waals surface area (Å²) in [5.41, 5.74) is 0.412. The first-order valence-electron chi connectivity index (χ1n) is 5.37. The maximum absolute atomic E-state index is 12.1. The van der Waals surface area contributed by atoms with Gasteiger partial charge in [0.1, 0.15) is 10.6 Å². The fourth-order valence-electron chi connectivity index (χ4n) is 1.58. The van der Waals surface area contributed by atoms with Gasteiger partial charge in [0.05, 0.1) is 18.8 Å². The number of hydrogen-bond donors (Lipinski definition) is 3. The van der Waals surface area contributed by atoms with Gasteiger partial charge in [0.2, 0.25) is 15.9 Å². The zero-order valence-corrected chi connectivity index (χ0v) is 11.2. The van der Waals surface area contributed by atoms with Crippen LogP contribution in [0.4, 0.5) is 0 Å². The molecule has 0 amide bonds. The minimum Gasteiger partial charge on any atom is -0.390 e. The summed E-state index contributed by atoms with van der Waals surface area (Å²) in [6.07, 6.45) is 0. The Balaban J connectivity index is 2.20. The molecule has 2 rings (SSSR count). The van der Waals surface area contributed by atoms with Gasteiger partial charge in [-0.05, 0) is 6.92 Å². The molecule has 0 radical (unpaired) electrons. The van der Waals surface area contributed by atoms with Gasteiger partial charge in [0.15, 0.2) is 5.82 Å². The summed E-state index contributed by atoms with van der Waals surface area (Å²) in [5, 5.41) is 18.9. The number of sulfonamides is 1. The SMILES string of the molecule is Cc1nc(CNS(=O)(=O)c2c(CO)n[nH]c2C)no1. The summed E-state index contributed by atoms with van der Waals surface area (Å²) < 4.78 is 31.3. The average molecular weight is 287 g/mol. The summed E-state index contributed by atoms with van der Waals surface area (Å²) in [5.74, 6) is 0.581. The molecule has 0 aromatic carbocycles. The van der Waals surface area contributed by atoms with Gasteiger partial charge >= 0.3 is 0 Å². The van der Waals surface area contributed by atoms with Gasteiger partial charge in [-0.2, -0.15) is 10.1 Å². The lowest BCUT2D eigenvalue weighted by Gasteiger charge is -2.05. The minimum absolute atomic E-state index is 0.0600. The quantitative estimate of drug-likeness (QED) is 0.667. The summed E-state index contributed by atoms with van der Waals surface area (Å²) in [7, 11) is -3.80. The molecule has 2 heterocycles. The second-order valence-electron chi connectivity index (χ2n) is 3.84. The van der Waals surface area contributed by atoms with Crippen LogP contribution in [0.5, 0.6) is 0 Å². The number of nitrogens with zero attached hydrogens (tertiary/aromatic N) is 3. The van der Waals surface area contributed by atoms with Gasteiger partial charge < -0.3 is 9.63 Å². The van der Waals surface area contributed by atoms with Gasteiger partial charge in [-0.3, -0.25) is 5.10 Å². The summed E-state index contributed by atoms with van der Waals surface area (Å²) in [4.78, 5) is 3.82. The molecule has 9 nitrogen and oxygen atoms in total. The third-order valence-electron chi connectivity index (χ3n) is 2.37. The van der Waals surface area contributed by atoms with Gasteiger partial charge in [-0.25, -0.2) is 13.1 Å². The molecule has 0 aliphatic carbocycles. The maximum Gasteiger partial charge on any atom is 0.244 e. The predicted octanol–water partition coefficient (Wildman–Crippen LogP) is -0.620. The number of H-pyrrole nitrogens is 1. The van der Waals surface area contributed by atoms with Crippen molar-refractivity contribution < 1.29 is 18.0 Å². The highest BCUT2D eigenvalue weighted by molar-refractivity contribution is 7.89. The Morgan fingerprint density at radius 2 is 2.16 bits per heavy atom. The van der Waals surface area contributed by atoms with E-state index < -0.39 is 16.6 Å². The van der Waals surface area contributed by atoms with Crippen molar-refractivity contribution in [1.29, 1.82) is 0 Å². The fourth-order valence-corrected chi connectivity index (χ4v) is 2.91. The fraction of sp³-hybridized carbons (Fsp3) is 0.444. The first kappa shape index (κ1) is 13.6. The zero-order valence-electron chi connectivity index (χ0n) is 10.3. The van der Waals surface area contributed by atoms with Crippen molar-refractivity contribution >= 4 is 10.0 Å². The monoisotopic (exact) mass is 287 g/mol. The highest BCUT2D eigenvalue weighted by Crippen LogP contribution is 2.17. The van der Waals surface area contributed by atoms with Crippen LogP contribution in [0, 0.1) is 13.8 Å². The molecule has 10 heteroatoms. The standard InChI is InChI=1S/C9H13N5O4S/c1-5-9(7(4-15)13-12-5)19(16,17)10-3-8-11-6(2)18-14-8/h10,15H,3-4H2,1-2H3,(H,12,13). The molecular weight excluding hydrogens is 274 g/mol. The van der Waals surface area contributed by atoms with Crippen LogP contribution >= 0.6 is 0 Å². The molecule has 2 aromatic rings. The van der Waals surface area contributed by atoms with Crippen molar-refractivity contribution in [3.05, 3.63) is 23.1 Å². The Bertz CT molecular complexity index is 675. The topological polar surface area (TPSA) is 134 Å². The second kappa shape index (κ2) is 5.07. The van der Waals surface area contributed by atoms with E-state index in [2.05, 4.69) is 25.1 Å². The second-order valence-corrected chi connectivity index (χ2v) is 5.54. The Morgan fingerprint density at radius 3 is 2.74 bits per heavy atom. The van der Waals surface area contributed by atoms with Gasteiger partial charge in [-0.1, -0.05) is 5.16 Å². The van der Waals surface area contributed by atoms with Crippen LogP contribution in [0.25, 0.3) is 0 Å². The van der Waals surface area contributed by atoms with Crippen LogP contribution in [0.3, 0.4) is 0 Å². The van der Waals surface area contributed by atoms with Crippen molar-refractivity contribution in [1.82, 2.24) is 25.1 Å². The lowest BCUT2D eigenvalue weighted by Crippen LogP contribution is -2.25. The van der Waals surface area contributed by atoms with Crippen LogP contribution in [-0.4, -0.2) is 33.9 Å². The summed E-state index contributed by atoms with van der Waals surface area (Å²) in [6, 6.07) is 0. The minimum atomic E-state index is -3.80. The van der Waals surface area contributed by atoms with E-state index in [-0.39, 0.29) is 23.0 Å². The van der Waals surface area contributed by atoms with Crippen molar-refractivity contribution in [2.24, 2.45) is 0 Å². The van der Waals surface area contributed by atoms with Crippen LogP contribution in [-0.2, 0) is 23.2 Å². The van der Waals surface area contributed by atoms with Crippen molar-refractivity contribution in [2.45, 2.75) is 31.9 Å². The van der Waals surface area contributed by atoms with Crippen molar-refractivity contribution in [2.75, 3.05) is 0 Å². The van der Waals surface area contributed by atoms with E-state index in [4.69, 9.17) is 9.63 Å². The number of aromatic amines is 1. The van der Waals surface area contributed by atoms with Crippen LogP contribution in [0.1, 0.15) is 23.1 Å². The van der Waals surface area contributed by atoms with Gasteiger partial charge in [0.25, 0.3) is 0 Å². The van der Waals surface area contributed by atoms with E-state index in [1.165, 1.54) is 0 Å². The molecule has 0 fully saturated rings. The number of nitrogens with one attached hydrogen (secondary N) is 2. The third kappa shape index (κ3) is 2.80.